The van der Waals surface area contributed by atoms with Gasteiger partial charge in [0.25, 0.3) is 0 Å². The summed E-state index contributed by atoms with van der Waals surface area (Å²) in [4.78, 5) is 14.3. The summed E-state index contributed by atoms with van der Waals surface area (Å²) in [5, 5.41) is 13.0. The maximum atomic E-state index is 9.63. The Morgan fingerprint density at radius 2 is 1.71 bits per heavy atom. The van der Waals surface area contributed by atoms with Gasteiger partial charge in [0, 0.05) is 24.3 Å². The summed E-state index contributed by atoms with van der Waals surface area (Å²) < 4.78 is 0. The number of nitriles is 1. The lowest BCUT2D eigenvalue weighted by atomic mass is 9.74. The third-order valence-corrected chi connectivity index (χ3v) is 9.12. The Hall–Kier alpha value is -2.65. The van der Waals surface area contributed by atoms with E-state index in [1.165, 1.54) is 63.6 Å². The first kappa shape index (κ1) is 24.1. The molecule has 0 bridgehead atoms. The molecule has 1 aliphatic carbocycles. The first-order valence-electron chi connectivity index (χ1n) is 13.6. The Morgan fingerprint density at radius 1 is 1.00 bits per heavy atom. The molecule has 6 heteroatoms. The van der Waals surface area contributed by atoms with Gasteiger partial charge in [0.05, 0.1) is 6.20 Å². The van der Waals surface area contributed by atoms with E-state index in [4.69, 9.17) is 4.98 Å². The van der Waals surface area contributed by atoms with Crippen LogP contribution in [0.3, 0.4) is 0 Å². The molecule has 3 heterocycles. The van der Waals surface area contributed by atoms with Crippen molar-refractivity contribution in [3.05, 3.63) is 41.7 Å². The van der Waals surface area contributed by atoms with Crippen molar-refractivity contribution in [3.8, 4) is 6.07 Å². The van der Waals surface area contributed by atoms with Crippen LogP contribution in [-0.2, 0) is 5.41 Å². The molecule has 0 radical (unpaired) electrons. The maximum absolute atomic E-state index is 9.63. The standard InChI is InChI=1S/C29H40N6/c1-21-7-6-16-35(22(21)2)27-20-31-26(19-30)28(33-27)32-24-12-10-23(11-13-24)29(3)14-17-34(18-15-29)25-8-4-5-9-25/h10-13,20-22,25H,4-9,14-18H2,1-3H3,(H,32,33)/t21-,22-/m1/s1. The summed E-state index contributed by atoms with van der Waals surface area (Å²) in [6.45, 7) is 10.4. The van der Waals surface area contributed by atoms with Gasteiger partial charge in [0.2, 0.25) is 0 Å². The van der Waals surface area contributed by atoms with E-state index in [1.807, 2.05) is 0 Å². The number of likely N-dealkylation sites (tertiary alicyclic amines) is 1. The van der Waals surface area contributed by atoms with Crippen molar-refractivity contribution < 1.29 is 0 Å². The fourth-order valence-electron chi connectivity index (χ4n) is 6.38. The van der Waals surface area contributed by atoms with Crippen LogP contribution in [0.5, 0.6) is 0 Å². The molecule has 0 spiro atoms. The second-order valence-electron chi connectivity index (χ2n) is 11.3. The topological polar surface area (TPSA) is 68.1 Å². The molecule has 1 saturated carbocycles. The van der Waals surface area contributed by atoms with E-state index in [-0.39, 0.29) is 5.41 Å². The van der Waals surface area contributed by atoms with E-state index in [2.05, 4.69) is 71.2 Å². The molecule has 0 amide bonds. The number of piperidine rings is 2. The van der Waals surface area contributed by atoms with Crippen molar-refractivity contribution in [2.45, 2.75) is 89.6 Å². The average molecular weight is 473 g/mol. The van der Waals surface area contributed by atoms with Crippen LogP contribution in [0.15, 0.2) is 30.5 Å². The summed E-state index contributed by atoms with van der Waals surface area (Å²) in [6.07, 6.45) is 12.2. The van der Waals surface area contributed by atoms with Gasteiger partial charge in [-0.05, 0) is 87.6 Å². The van der Waals surface area contributed by atoms with E-state index >= 15 is 0 Å². The van der Waals surface area contributed by atoms with E-state index < -0.39 is 0 Å². The number of anilines is 3. The number of rotatable bonds is 5. The number of nitrogens with zero attached hydrogens (tertiary/aromatic N) is 5. The average Bonchev–Trinajstić information content (AvgIpc) is 3.42. The number of benzene rings is 1. The van der Waals surface area contributed by atoms with Crippen molar-refractivity contribution in [1.29, 1.82) is 5.26 Å². The molecule has 3 aliphatic rings. The van der Waals surface area contributed by atoms with Crippen molar-refractivity contribution in [2.75, 3.05) is 29.9 Å². The Labute approximate surface area is 210 Å². The van der Waals surface area contributed by atoms with Crippen LogP contribution in [0.25, 0.3) is 0 Å². The number of nitrogens with one attached hydrogen (secondary N) is 1. The fraction of sp³-hybridized carbons (Fsp3) is 0.621. The summed E-state index contributed by atoms with van der Waals surface area (Å²) in [5.74, 6) is 2.01. The molecular formula is C29H40N6. The smallest absolute Gasteiger partial charge is 0.183 e. The lowest BCUT2D eigenvalue weighted by Crippen LogP contribution is -2.45. The number of aromatic nitrogens is 2. The Balaban J connectivity index is 1.28. The monoisotopic (exact) mass is 472 g/mol. The number of hydrogen-bond acceptors (Lipinski definition) is 6. The molecule has 6 nitrogen and oxygen atoms in total. The molecule has 0 unspecified atom stereocenters. The normalized spacial score (nSPS) is 25.4. The summed E-state index contributed by atoms with van der Waals surface area (Å²) in [5.41, 5.74) is 2.92. The number of hydrogen-bond donors (Lipinski definition) is 1. The minimum atomic E-state index is 0.228. The quantitative estimate of drug-likeness (QED) is 0.574. The van der Waals surface area contributed by atoms with E-state index in [1.54, 1.807) is 6.20 Å². The van der Waals surface area contributed by atoms with Gasteiger partial charge in [-0.2, -0.15) is 5.26 Å². The van der Waals surface area contributed by atoms with E-state index in [9.17, 15) is 5.26 Å². The summed E-state index contributed by atoms with van der Waals surface area (Å²) >= 11 is 0. The molecule has 5 rings (SSSR count). The van der Waals surface area contributed by atoms with Crippen molar-refractivity contribution in [1.82, 2.24) is 14.9 Å². The minimum Gasteiger partial charge on any atom is -0.352 e. The van der Waals surface area contributed by atoms with Gasteiger partial charge in [0.15, 0.2) is 11.5 Å². The maximum Gasteiger partial charge on any atom is 0.183 e. The van der Waals surface area contributed by atoms with Crippen LogP contribution in [0.4, 0.5) is 17.3 Å². The van der Waals surface area contributed by atoms with Crippen molar-refractivity contribution >= 4 is 17.3 Å². The van der Waals surface area contributed by atoms with E-state index in [0.29, 0.717) is 23.5 Å². The summed E-state index contributed by atoms with van der Waals surface area (Å²) in [7, 11) is 0. The zero-order chi connectivity index (χ0) is 24.4. The van der Waals surface area contributed by atoms with Gasteiger partial charge in [-0.3, -0.25) is 0 Å². The molecule has 1 N–H and O–H groups in total. The SMILES string of the molecule is C[C@@H]1CCCN(c2cnc(C#N)c(Nc3ccc(C4(C)CCN(C5CCCC5)CC4)cc3)n2)[C@@H]1C. The van der Waals surface area contributed by atoms with Crippen LogP contribution in [-0.4, -0.2) is 46.6 Å². The third kappa shape index (κ3) is 5.02. The van der Waals surface area contributed by atoms with Crippen molar-refractivity contribution in [3.63, 3.8) is 0 Å². The lowest BCUT2D eigenvalue weighted by molar-refractivity contribution is 0.123. The van der Waals surface area contributed by atoms with Gasteiger partial charge >= 0.3 is 0 Å². The highest BCUT2D eigenvalue weighted by Gasteiger charge is 2.34. The molecule has 2 atom stereocenters. The van der Waals surface area contributed by atoms with Crippen LogP contribution >= 0.6 is 0 Å². The lowest BCUT2D eigenvalue weighted by Gasteiger charge is -2.42. The zero-order valence-electron chi connectivity index (χ0n) is 21.6. The second kappa shape index (κ2) is 10.1. The largest absolute Gasteiger partial charge is 0.352 e. The minimum absolute atomic E-state index is 0.228. The predicted octanol–water partition coefficient (Wildman–Crippen LogP) is 6.01. The van der Waals surface area contributed by atoms with E-state index in [0.717, 1.165) is 30.5 Å². The van der Waals surface area contributed by atoms with Crippen molar-refractivity contribution in [2.24, 2.45) is 5.92 Å². The van der Waals surface area contributed by atoms with Gasteiger partial charge in [-0.25, -0.2) is 9.97 Å². The first-order chi connectivity index (χ1) is 17.0. The van der Waals surface area contributed by atoms with Crippen LogP contribution in [0.1, 0.15) is 83.4 Å². The molecule has 2 saturated heterocycles. The van der Waals surface area contributed by atoms with Crippen LogP contribution in [0.2, 0.25) is 0 Å². The second-order valence-corrected chi connectivity index (χ2v) is 11.3. The Kier molecular flexibility index (Phi) is 6.98. The molecular weight excluding hydrogens is 432 g/mol. The van der Waals surface area contributed by atoms with Gasteiger partial charge in [-0.15, -0.1) is 0 Å². The Bertz CT molecular complexity index is 1040. The molecule has 2 aromatic rings. The summed E-state index contributed by atoms with van der Waals surface area (Å²) in [6, 6.07) is 12.2. The highest BCUT2D eigenvalue weighted by atomic mass is 15.2. The molecule has 1 aromatic heterocycles. The third-order valence-electron chi connectivity index (χ3n) is 9.12. The van der Waals surface area contributed by atoms with Gasteiger partial charge in [-0.1, -0.05) is 38.8 Å². The van der Waals surface area contributed by atoms with Gasteiger partial charge in [0.1, 0.15) is 11.9 Å². The first-order valence-corrected chi connectivity index (χ1v) is 13.6. The van der Waals surface area contributed by atoms with Crippen LogP contribution in [0, 0.1) is 17.2 Å². The Morgan fingerprint density at radius 3 is 2.40 bits per heavy atom. The molecule has 3 fully saturated rings. The molecule has 2 aliphatic heterocycles. The molecule has 1 aromatic carbocycles. The molecule has 35 heavy (non-hydrogen) atoms. The van der Waals surface area contributed by atoms with Gasteiger partial charge < -0.3 is 15.1 Å². The highest BCUT2D eigenvalue weighted by molar-refractivity contribution is 5.63. The molecule has 186 valence electrons. The fourth-order valence-corrected chi connectivity index (χ4v) is 6.38. The zero-order valence-corrected chi connectivity index (χ0v) is 21.6. The van der Waals surface area contributed by atoms with Crippen LogP contribution < -0.4 is 10.2 Å². The highest BCUT2D eigenvalue weighted by Crippen LogP contribution is 2.38. The predicted molar refractivity (Wildman–Crippen MR) is 142 cm³/mol.